The molecule has 0 atom stereocenters. The summed E-state index contributed by atoms with van der Waals surface area (Å²) >= 11 is 0. The zero-order valence-corrected chi connectivity index (χ0v) is 8.73. The topological polar surface area (TPSA) is 17.1 Å². The van der Waals surface area contributed by atoms with Gasteiger partial charge in [0.25, 0.3) is 0 Å². The molecule has 0 saturated carbocycles. The first-order chi connectivity index (χ1) is 5.62. The number of hydrogen-bond acceptors (Lipinski definition) is 1. The van der Waals surface area contributed by atoms with E-state index in [2.05, 4.69) is 20.8 Å². The van der Waals surface area contributed by atoms with Gasteiger partial charge < -0.3 is 4.79 Å². The lowest BCUT2D eigenvalue weighted by atomic mass is 9.83. The van der Waals surface area contributed by atoms with Gasteiger partial charge in [-0.05, 0) is 24.7 Å². The summed E-state index contributed by atoms with van der Waals surface area (Å²) in [4.78, 5) is 10.1. The molecule has 0 bridgehead atoms. The lowest BCUT2D eigenvalue weighted by molar-refractivity contribution is -0.107. The minimum atomic E-state index is 0.484. The van der Waals surface area contributed by atoms with Crippen molar-refractivity contribution in [2.45, 2.75) is 59.3 Å². The molecule has 0 aliphatic carbocycles. The van der Waals surface area contributed by atoms with Gasteiger partial charge in [-0.15, -0.1) is 0 Å². The number of hydrogen-bond donors (Lipinski definition) is 0. The molecule has 0 spiro atoms. The van der Waals surface area contributed by atoms with Gasteiger partial charge in [-0.3, -0.25) is 0 Å². The Hall–Kier alpha value is -0.330. The summed E-state index contributed by atoms with van der Waals surface area (Å²) < 4.78 is 0. The average Bonchev–Trinajstić information content (AvgIpc) is 1.98. The van der Waals surface area contributed by atoms with E-state index < -0.39 is 0 Å². The molecular weight excluding hydrogens is 148 g/mol. The van der Waals surface area contributed by atoms with E-state index in [-0.39, 0.29) is 0 Å². The van der Waals surface area contributed by atoms with Crippen LogP contribution in [0.2, 0.25) is 0 Å². The van der Waals surface area contributed by atoms with E-state index in [1.54, 1.807) is 0 Å². The largest absolute Gasteiger partial charge is 0.303 e. The molecule has 0 aromatic rings. The Labute approximate surface area is 76.6 Å². The van der Waals surface area contributed by atoms with Gasteiger partial charge in [-0.25, -0.2) is 0 Å². The highest BCUT2D eigenvalue weighted by atomic mass is 16.1. The Kier molecular flexibility index (Phi) is 6.04. The van der Waals surface area contributed by atoms with Crippen LogP contribution in [0, 0.1) is 5.41 Å². The van der Waals surface area contributed by atoms with Crippen LogP contribution in [0.25, 0.3) is 0 Å². The van der Waals surface area contributed by atoms with E-state index in [9.17, 15) is 4.79 Å². The predicted molar refractivity (Wildman–Crippen MR) is 53.2 cm³/mol. The van der Waals surface area contributed by atoms with Crippen LogP contribution in [-0.2, 0) is 4.79 Å². The number of carbonyl (C=O) groups excluding carboxylic acids is 1. The van der Waals surface area contributed by atoms with Gasteiger partial charge in [-0.1, -0.05) is 33.6 Å². The van der Waals surface area contributed by atoms with Gasteiger partial charge in [0.15, 0.2) is 0 Å². The van der Waals surface area contributed by atoms with Crippen molar-refractivity contribution in [3.8, 4) is 0 Å². The number of rotatable bonds is 7. The van der Waals surface area contributed by atoms with Crippen LogP contribution in [0.15, 0.2) is 0 Å². The van der Waals surface area contributed by atoms with E-state index in [4.69, 9.17) is 0 Å². The van der Waals surface area contributed by atoms with E-state index in [0.717, 1.165) is 19.1 Å². The van der Waals surface area contributed by atoms with E-state index >= 15 is 0 Å². The molecule has 0 rings (SSSR count). The normalized spacial score (nSPS) is 11.6. The summed E-state index contributed by atoms with van der Waals surface area (Å²) in [5.41, 5.74) is 0.484. The average molecular weight is 170 g/mol. The molecule has 12 heavy (non-hydrogen) atoms. The Bertz CT molecular complexity index is 116. The monoisotopic (exact) mass is 170 g/mol. The standard InChI is InChI=1S/C11H22O/c1-4-8-11(2,3)9-6-5-7-10-12/h10H,4-9H2,1-3H3. The van der Waals surface area contributed by atoms with Crippen LogP contribution in [0.4, 0.5) is 0 Å². The van der Waals surface area contributed by atoms with E-state index in [0.29, 0.717) is 5.41 Å². The molecule has 1 heteroatoms. The quantitative estimate of drug-likeness (QED) is 0.421. The van der Waals surface area contributed by atoms with Crippen molar-refractivity contribution in [2.24, 2.45) is 5.41 Å². The highest BCUT2D eigenvalue weighted by Gasteiger charge is 2.15. The molecule has 0 fully saturated rings. The minimum Gasteiger partial charge on any atom is -0.303 e. The lowest BCUT2D eigenvalue weighted by Crippen LogP contribution is -2.10. The van der Waals surface area contributed by atoms with Crippen LogP contribution in [0.5, 0.6) is 0 Å². The maximum atomic E-state index is 10.1. The Morgan fingerprint density at radius 2 is 1.83 bits per heavy atom. The summed E-state index contributed by atoms with van der Waals surface area (Å²) in [5, 5.41) is 0. The Balaban J connectivity index is 3.39. The summed E-state index contributed by atoms with van der Waals surface area (Å²) in [5.74, 6) is 0. The highest BCUT2D eigenvalue weighted by molar-refractivity contribution is 5.48. The maximum absolute atomic E-state index is 10.1. The third-order valence-corrected chi connectivity index (χ3v) is 2.35. The maximum Gasteiger partial charge on any atom is 0.119 e. The van der Waals surface area contributed by atoms with Gasteiger partial charge in [0.2, 0.25) is 0 Å². The molecule has 0 saturated heterocycles. The number of carbonyl (C=O) groups is 1. The van der Waals surface area contributed by atoms with Crippen molar-refractivity contribution in [2.75, 3.05) is 0 Å². The predicted octanol–water partition coefficient (Wildman–Crippen LogP) is 3.57. The summed E-state index contributed by atoms with van der Waals surface area (Å²) in [7, 11) is 0. The molecule has 0 heterocycles. The Morgan fingerprint density at radius 3 is 2.33 bits per heavy atom. The molecule has 0 aliphatic rings. The van der Waals surface area contributed by atoms with Crippen molar-refractivity contribution in [3.63, 3.8) is 0 Å². The van der Waals surface area contributed by atoms with Gasteiger partial charge in [0.1, 0.15) is 6.29 Å². The highest BCUT2D eigenvalue weighted by Crippen LogP contribution is 2.28. The first-order valence-electron chi connectivity index (χ1n) is 5.06. The molecule has 0 aromatic carbocycles. The fourth-order valence-corrected chi connectivity index (χ4v) is 1.63. The molecule has 0 N–H and O–H groups in total. The van der Waals surface area contributed by atoms with E-state index in [1.165, 1.54) is 25.7 Å². The second kappa shape index (κ2) is 6.22. The van der Waals surface area contributed by atoms with Gasteiger partial charge in [0, 0.05) is 6.42 Å². The minimum absolute atomic E-state index is 0.484. The fourth-order valence-electron chi connectivity index (χ4n) is 1.63. The zero-order valence-electron chi connectivity index (χ0n) is 8.73. The molecule has 0 unspecified atom stereocenters. The van der Waals surface area contributed by atoms with Crippen molar-refractivity contribution in [1.82, 2.24) is 0 Å². The molecule has 0 radical (unpaired) electrons. The summed E-state index contributed by atoms with van der Waals surface area (Å²) in [6.07, 6.45) is 7.85. The molecule has 0 amide bonds. The third kappa shape index (κ3) is 6.38. The van der Waals surface area contributed by atoms with Crippen LogP contribution < -0.4 is 0 Å². The third-order valence-electron chi connectivity index (χ3n) is 2.35. The number of aldehydes is 1. The van der Waals surface area contributed by atoms with Crippen LogP contribution in [-0.4, -0.2) is 6.29 Å². The Morgan fingerprint density at radius 1 is 1.17 bits per heavy atom. The number of unbranched alkanes of at least 4 members (excludes halogenated alkanes) is 2. The lowest BCUT2D eigenvalue weighted by Gasteiger charge is -2.23. The second-order valence-electron chi connectivity index (χ2n) is 4.33. The van der Waals surface area contributed by atoms with Crippen molar-refractivity contribution in [3.05, 3.63) is 0 Å². The first kappa shape index (κ1) is 11.7. The molecule has 1 nitrogen and oxygen atoms in total. The molecule has 0 aliphatic heterocycles. The molecule has 0 aromatic heterocycles. The molecular formula is C11H22O. The van der Waals surface area contributed by atoms with Gasteiger partial charge >= 0.3 is 0 Å². The fraction of sp³-hybridized carbons (Fsp3) is 0.909. The van der Waals surface area contributed by atoms with Crippen LogP contribution in [0.3, 0.4) is 0 Å². The van der Waals surface area contributed by atoms with Crippen molar-refractivity contribution in [1.29, 1.82) is 0 Å². The second-order valence-corrected chi connectivity index (χ2v) is 4.33. The summed E-state index contributed by atoms with van der Waals surface area (Å²) in [6.45, 7) is 6.86. The molecule has 72 valence electrons. The SMILES string of the molecule is CCCC(C)(C)CCCCC=O. The van der Waals surface area contributed by atoms with Crippen LogP contribution >= 0.6 is 0 Å². The van der Waals surface area contributed by atoms with Crippen molar-refractivity contribution < 1.29 is 4.79 Å². The van der Waals surface area contributed by atoms with Crippen molar-refractivity contribution >= 4 is 6.29 Å². The zero-order chi connectivity index (χ0) is 9.45. The van der Waals surface area contributed by atoms with E-state index in [1.807, 2.05) is 0 Å². The van der Waals surface area contributed by atoms with Gasteiger partial charge in [-0.2, -0.15) is 0 Å². The van der Waals surface area contributed by atoms with Crippen LogP contribution in [0.1, 0.15) is 59.3 Å². The smallest absolute Gasteiger partial charge is 0.119 e. The van der Waals surface area contributed by atoms with Gasteiger partial charge in [0.05, 0.1) is 0 Å². The summed E-state index contributed by atoms with van der Waals surface area (Å²) in [6, 6.07) is 0. The first-order valence-corrected chi connectivity index (χ1v) is 5.06.